The van der Waals surface area contributed by atoms with E-state index in [4.69, 9.17) is 4.42 Å². The van der Waals surface area contributed by atoms with Gasteiger partial charge in [-0.2, -0.15) is 0 Å². The van der Waals surface area contributed by atoms with Gasteiger partial charge in [0, 0.05) is 11.6 Å². The van der Waals surface area contributed by atoms with Crippen LogP contribution in [0.3, 0.4) is 0 Å². The van der Waals surface area contributed by atoms with Crippen molar-refractivity contribution in [2.45, 2.75) is 65.7 Å². The fraction of sp³-hybridized carbons (Fsp3) is 0.400. The summed E-state index contributed by atoms with van der Waals surface area (Å²) in [4.78, 5) is 1.95. The Balaban J connectivity index is 1.70. The average molecular weight is 714 g/mol. The molecular weight excluding hydrogens is 667 g/mol. The average Bonchev–Trinajstić information content (AvgIpc) is 3.16. The van der Waals surface area contributed by atoms with Crippen molar-refractivity contribution in [1.29, 1.82) is 0 Å². The van der Waals surface area contributed by atoms with E-state index < -0.39 is 35.5 Å². The zero-order valence-corrected chi connectivity index (χ0v) is 30.4. The molecule has 0 aromatic heterocycles. The number of hydrogen-bond acceptors (Lipinski definition) is 5. The molecule has 1 aromatic rings. The fourth-order valence-corrected chi connectivity index (χ4v) is 7.72. The summed E-state index contributed by atoms with van der Waals surface area (Å²) in [6.07, 6.45) is 9.68. The van der Waals surface area contributed by atoms with Gasteiger partial charge >= 0.3 is 178 Å². The molecule has 2 aliphatic heterocycles. The summed E-state index contributed by atoms with van der Waals surface area (Å²) in [6.45, 7) is 16.9. The summed E-state index contributed by atoms with van der Waals surface area (Å²) < 4.78 is 72.5. The quantitative estimate of drug-likeness (QED) is 0.121. The third-order valence-electron chi connectivity index (χ3n) is 8.44. The molecule has 0 saturated carbocycles. The normalized spacial score (nSPS) is 16.3. The molecular formula is C35H46AsN2O7S+. The Morgan fingerprint density at radius 3 is 2.30 bits per heavy atom. The van der Waals surface area contributed by atoms with Crippen molar-refractivity contribution < 1.29 is 29.3 Å². The van der Waals surface area contributed by atoms with Crippen molar-refractivity contribution in [3.8, 4) is 11.3 Å². The zero-order valence-electron chi connectivity index (χ0n) is 27.7. The van der Waals surface area contributed by atoms with Crippen LogP contribution in [0.15, 0.2) is 76.9 Å². The number of fused-ring (bicyclic) bond motifs is 2. The smallest absolute Gasteiger partial charge is 0.0527 e. The first-order valence-electron chi connectivity index (χ1n) is 15.5. The minimum atomic E-state index is -5.15. The van der Waals surface area contributed by atoms with Crippen LogP contribution in [0.4, 0.5) is 5.69 Å². The first-order chi connectivity index (χ1) is 21.4. The number of nitrogens with zero attached hydrogens (tertiary/aromatic N) is 2. The number of anilines is 1. The van der Waals surface area contributed by atoms with Gasteiger partial charge in [0.2, 0.25) is 5.36 Å². The standard InChI is InChI=1S/C35H45AsN2O7S/c1-8-37(9-2)26-17-18-28-29(34(3,4)5)24-27(45-32(28)23-26)14-11-10-12-15-33-35(6,7)30-22-25(36(39,40)41)16-19-31(30)38(33)20-13-21-46(42,43)44/h10-12,14-19,22-24H,8-9,13,20-21H2,1-7H3,(H2-,39,40,41,42,43,44)/p+1. The molecule has 4 rings (SSSR count). The van der Waals surface area contributed by atoms with Crippen molar-refractivity contribution >= 4 is 40.4 Å². The molecule has 0 atom stereocenters. The van der Waals surface area contributed by atoms with E-state index in [-0.39, 0.29) is 16.2 Å². The minimum absolute atomic E-state index is 0.0134. The van der Waals surface area contributed by atoms with Gasteiger partial charge < -0.3 is 0 Å². The molecule has 0 unspecified atom stereocenters. The summed E-state index contributed by atoms with van der Waals surface area (Å²) >= 11 is -5.15. The fourth-order valence-electron chi connectivity index (χ4n) is 6.03. The van der Waals surface area contributed by atoms with Crippen LogP contribution in [0.1, 0.15) is 71.8 Å². The molecule has 0 saturated heterocycles. The Bertz CT molecular complexity index is 1880. The molecule has 0 amide bonds. The number of rotatable bonds is 10. The monoisotopic (exact) mass is 713 g/mol. The predicted molar refractivity (Wildman–Crippen MR) is 185 cm³/mol. The molecule has 248 valence electrons. The number of allylic oxidation sites excluding steroid dienone is 5. The first-order valence-corrected chi connectivity index (χ1v) is 20.5. The van der Waals surface area contributed by atoms with Gasteiger partial charge in [0.05, 0.1) is 6.07 Å². The molecule has 0 radical (unpaired) electrons. The van der Waals surface area contributed by atoms with E-state index in [2.05, 4.69) is 63.5 Å². The summed E-state index contributed by atoms with van der Waals surface area (Å²) in [5.74, 6) is 1.15. The maximum absolute atomic E-state index is 12.1. The van der Waals surface area contributed by atoms with E-state index >= 15 is 0 Å². The van der Waals surface area contributed by atoms with E-state index in [0.717, 1.165) is 52.5 Å². The van der Waals surface area contributed by atoms with Gasteiger partial charge in [-0.05, 0) is 30.9 Å². The second-order valence-electron chi connectivity index (χ2n) is 13.1. The molecule has 9 nitrogen and oxygen atoms in total. The number of hydrogen-bond donors (Lipinski definition) is 3. The third kappa shape index (κ3) is 8.04. The van der Waals surface area contributed by atoms with Crippen LogP contribution in [0.25, 0.3) is 17.4 Å². The second-order valence-corrected chi connectivity index (χ2v) is 18.1. The third-order valence-corrected chi connectivity index (χ3v) is 11.2. The van der Waals surface area contributed by atoms with Crippen molar-refractivity contribution in [2.24, 2.45) is 0 Å². The predicted octanol–water partition coefficient (Wildman–Crippen LogP) is 4.58. The van der Waals surface area contributed by atoms with Crippen molar-refractivity contribution in [2.75, 3.05) is 30.3 Å². The molecule has 46 heavy (non-hydrogen) atoms. The van der Waals surface area contributed by atoms with Crippen molar-refractivity contribution in [3.05, 3.63) is 94.7 Å². The van der Waals surface area contributed by atoms with Crippen LogP contribution in [0.2, 0.25) is 0 Å². The van der Waals surface area contributed by atoms with E-state index in [1.807, 2.05) is 49.1 Å². The van der Waals surface area contributed by atoms with Crippen molar-refractivity contribution in [3.63, 3.8) is 0 Å². The topological polar surface area (TPSA) is 131 Å². The van der Waals surface area contributed by atoms with Crippen LogP contribution >= 0.6 is 0 Å². The van der Waals surface area contributed by atoms with E-state index in [1.165, 1.54) is 11.6 Å². The van der Waals surface area contributed by atoms with E-state index in [0.29, 0.717) is 6.54 Å². The molecule has 0 fully saturated rings. The maximum atomic E-state index is 12.1. The molecule has 1 aliphatic carbocycles. The molecule has 1 aromatic carbocycles. The summed E-state index contributed by atoms with van der Waals surface area (Å²) in [5.41, 5.74) is 3.88. The molecule has 3 aliphatic rings. The van der Waals surface area contributed by atoms with Crippen LogP contribution in [0, 0.1) is 0 Å². The Kier molecular flexibility index (Phi) is 10.5. The SMILES string of the molecule is CC[N+](CC)=c1ccc2c(C(C)(C)C)cc(/C=C/C=C/C=C3\N(CCCS(=O)(=O)O)c4ccc([As](=O)(O)O)cc4C3(C)C)oc-2c1. The zero-order chi connectivity index (χ0) is 34.1. The Morgan fingerprint density at radius 1 is 1.00 bits per heavy atom. The van der Waals surface area contributed by atoms with Gasteiger partial charge in [-0.15, -0.1) is 0 Å². The van der Waals surface area contributed by atoms with E-state index in [1.54, 1.807) is 12.1 Å². The molecule has 11 heteroatoms. The van der Waals surface area contributed by atoms with Gasteiger partial charge in [0.1, 0.15) is 18.8 Å². The van der Waals surface area contributed by atoms with Gasteiger partial charge in [-0.1, -0.05) is 20.8 Å². The summed E-state index contributed by atoms with van der Waals surface area (Å²) in [7, 11) is -4.13. The Morgan fingerprint density at radius 2 is 1.70 bits per heavy atom. The summed E-state index contributed by atoms with van der Waals surface area (Å²) in [6, 6.07) is 13.1. The van der Waals surface area contributed by atoms with Gasteiger partial charge in [0.25, 0.3) is 0 Å². The molecule has 0 bridgehead atoms. The van der Waals surface area contributed by atoms with E-state index in [9.17, 15) is 24.9 Å². The second kappa shape index (κ2) is 13.5. The van der Waals surface area contributed by atoms with Gasteiger partial charge in [0.15, 0.2) is 0 Å². The summed E-state index contributed by atoms with van der Waals surface area (Å²) in [5, 5.41) is 1.11. The Hall–Kier alpha value is -3.14. The van der Waals surface area contributed by atoms with Crippen LogP contribution in [0.5, 0.6) is 0 Å². The first kappa shape index (κ1) is 35.7. The van der Waals surface area contributed by atoms with Crippen LogP contribution < -0.4 is 19.2 Å². The minimum Gasteiger partial charge on any atom is 0.0527 e. The number of benzene rings is 2. The molecule has 2 heterocycles. The van der Waals surface area contributed by atoms with Gasteiger partial charge in [-0.3, -0.25) is 0 Å². The Labute approximate surface area is 275 Å². The molecule has 0 spiro atoms. The van der Waals surface area contributed by atoms with Crippen molar-refractivity contribution in [1.82, 2.24) is 4.58 Å². The van der Waals surface area contributed by atoms with Gasteiger partial charge in [-0.25, -0.2) is 4.58 Å². The van der Waals surface area contributed by atoms with Crippen LogP contribution in [-0.4, -0.2) is 60.7 Å². The van der Waals surface area contributed by atoms with Crippen LogP contribution in [-0.2, 0) is 24.7 Å². The molecule has 3 N–H and O–H groups in total.